The zero-order valence-electron chi connectivity index (χ0n) is 13.4. The highest BCUT2D eigenvalue weighted by Gasteiger charge is 2.44. The van der Waals surface area contributed by atoms with Crippen molar-refractivity contribution in [3.63, 3.8) is 0 Å². The molecule has 0 radical (unpaired) electrons. The number of aliphatic hydroxyl groups excluding tert-OH is 3. The number of aromatic nitrogens is 4. The first-order valence-electron chi connectivity index (χ1n) is 8.37. The van der Waals surface area contributed by atoms with E-state index in [0.717, 1.165) is 12.8 Å². The number of aliphatic hydroxyl groups is 3. The monoisotopic (exact) mass is 369 g/mol. The lowest BCUT2D eigenvalue weighted by molar-refractivity contribution is -0.0511. The molecule has 9 nitrogen and oxygen atoms in total. The number of fused-ring (bicyclic) bond motifs is 1. The highest BCUT2D eigenvalue weighted by Crippen LogP contribution is 2.33. The molecule has 136 valence electrons. The third kappa shape index (κ3) is 2.96. The van der Waals surface area contributed by atoms with Crippen molar-refractivity contribution in [1.29, 1.82) is 0 Å². The summed E-state index contributed by atoms with van der Waals surface area (Å²) in [5, 5.41) is 32.9. The normalized spacial score (nSPS) is 30.4. The first-order chi connectivity index (χ1) is 12.1. The zero-order chi connectivity index (χ0) is 17.6. The van der Waals surface area contributed by atoms with Crippen molar-refractivity contribution in [3.8, 4) is 0 Å². The SMILES string of the molecule is OC[C@H]1O[C@@H](n2cnc3c(NC4CCCC4)nc(Cl)nc32)[C@@H](O)C1O. The maximum atomic E-state index is 10.2. The minimum Gasteiger partial charge on any atom is -0.394 e. The molecule has 1 aliphatic heterocycles. The smallest absolute Gasteiger partial charge is 0.226 e. The first kappa shape index (κ1) is 16.9. The van der Waals surface area contributed by atoms with Crippen molar-refractivity contribution in [2.45, 2.75) is 56.3 Å². The third-order valence-corrected chi connectivity index (χ3v) is 5.05. The fourth-order valence-electron chi connectivity index (χ4n) is 3.55. The van der Waals surface area contributed by atoms with Crippen molar-refractivity contribution in [2.24, 2.45) is 0 Å². The van der Waals surface area contributed by atoms with Crippen molar-refractivity contribution < 1.29 is 20.1 Å². The number of halogens is 1. The van der Waals surface area contributed by atoms with Gasteiger partial charge in [-0.05, 0) is 24.4 Å². The van der Waals surface area contributed by atoms with Crippen LogP contribution in [0.1, 0.15) is 31.9 Å². The number of hydrogen-bond acceptors (Lipinski definition) is 8. The van der Waals surface area contributed by atoms with Gasteiger partial charge in [0.05, 0.1) is 12.9 Å². The summed E-state index contributed by atoms with van der Waals surface area (Å²) in [7, 11) is 0. The van der Waals surface area contributed by atoms with Crippen LogP contribution in [0.3, 0.4) is 0 Å². The number of hydrogen-bond donors (Lipinski definition) is 4. The Kier molecular flexibility index (Phi) is 4.50. The minimum atomic E-state index is -1.21. The molecule has 10 heteroatoms. The quantitative estimate of drug-likeness (QED) is 0.572. The van der Waals surface area contributed by atoms with E-state index in [4.69, 9.17) is 16.3 Å². The highest BCUT2D eigenvalue weighted by molar-refractivity contribution is 6.28. The summed E-state index contributed by atoms with van der Waals surface area (Å²) in [5.41, 5.74) is 0.921. The highest BCUT2D eigenvalue weighted by atomic mass is 35.5. The van der Waals surface area contributed by atoms with Crippen LogP contribution in [0.5, 0.6) is 0 Å². The van der Waals surface area contributed by atoms with E-state index >= 15 is 0 Å². The van der Waals surface area contributed by atoms with Crippen molar-refractivity contribution in [2.75, 3.05) is 11.9 Å². The van der Waals surface area contributed by atoms with E-state index in [1.54, 1.807) is 0 Å². The molecule has 0 amide bonds. The van der Waals surface area contributed by atoms with E-state index in [1.165, 1.54) is 23.7 Å². The zero-order valence-corrected chi connectivity index (χ0v) is 14.2. The average molecular weight is 370 g/mol. The molecule has 2 aromatic rings. The molecule has 1 aliphatic carbocycles. The molecule has 3 heterocycles. The number of nitrogens with zero attached hydrogens (tertiary/aromatic N) is 4. The van der Waals surface area contributed by atoms with Crippen LogP contribution in [0.2, 0.25) is 5.28 Å². The van der Waals surface area contributed by atoms with Crippen molar-refractivity contribution in [1.82, 2.24) is 19.5 Å². The van der Waals surface area contributed by atoms with Gasteiger partial charge >= 0.3 is 0 Å². The number of imidazole rings is 1. The van der Waals surface area contributed by atoms with Gasteiger partial charge in [0.1, 0.15) is 18.3 Å². The Labute approximate surface area is 148 Å². The van der Waals surface area contributed by atoms with Crippen LogP contribution in [0, 0.1) is 0 Å². The number of rotatable bonds is 4. The van der Waals surface area contributed by atoms with Gasteiger partial charge in [-0.25, -0.2) is 4.98 Å². The topological polar surface area (TPSA) is 126 Å². The Bertz CT molecular complexity index is 766. The Morgan fingerprint density at radius 1 is 1.24 bits per heavy atom. The molecular weight excluding hydrogens is 350 g/mol. The minimum absolute atomic E-state index is 0.0569. The number of nitrogens with one attached hydrogen (secondary N) is 1. The lowest BCUT2D eigenvalue weighted by atomic mass is 10.1. The molecule has 2 aliphatic rings. The molecule has 1 saturated carbocycles. The number of anilines is 1. The molecule has 0 bridgehead atoms. The second kappa shape index (κ2) is 6.65. The van der Waals surface area contributed by atoms with Gasteiger partial charge in [0.2, 0.25) is 5.28 Å². The van der Waals surface area contributed by atoms with Gasteiger partial charge in [0.25, 0.3) is 0 Å². The predicted octanol–water partition coefficient (Wildman–Crippen LogP) is 0.446. The Morgan fingerprint density at radius 2 is 2.00 bits per heavy atom. The molecule has 4 N–H and O–H groups in total. The first-order valence-corrected chi connectivity index (χ1v) is 8.75. The maximum Gasteiger partial charge on any atom is 0.226 e. The van der Waals surface area contributed by atoms with Crippen LogP contribution in [0.25, 0.3) is 11.2 Å². The van der Waals surface area contributed by atoms with Crippen molar-refractivity contribution in [3.05, 3.63) is 11.6 Å². The van der Waals surface area contributed by atoms with Gasteiger partial charge in [0, 0.05) is 6.04 Å². The Morgan fingerprint density at radius 3 is 2.68 bits per heavy atom. The Balaban J connectivity index is 1.70. The molecule has 4 rings (SSSR count). The largest absolute Gasteiger partial charge is 0.394 e. The summed E-state index contributed by atoms with van der Waals surface area (Å²) in [4.78, 5) is 12.8. The van der Waals surface area contributed by atoms with Crippen LogP contribution in [0.15, 0.2) is 6.33 Å². The van der Waals surface area contributed by atoms with Gasteiger partial charge < -0.3 is 25.4 Å². The van der Waals surface area contributed by atoms with E-state index in [1.807, 2.05) is 0 Å². The van der Waals surface area contributed by atoms with Crippen LogP contribution in [0.4, 0.5) is 5.82 Å². The molecule has 25 heavy (non-hydrogen) atoms. The van der Waals surface area contributed by atoms with E-state index < -0.39 is 31.1 Å². The summed E-state index contributed by atoms with van der Waals surface area (Å²) in [5.74, 6) is 0.549. The van der Waals surface area contributed by atoms with Gasteiger partial charge in [-0.15, -0.1) is 0 Å². The van der Waals surface area contributed by atoms with Gasteiger partial charge in [-0.3, -0.25) is 4.57 Å². The molecular formula is C15H20ClN5O4. The van der Waals surface area contributed by atoms with E-state index in [2.05, 4.69) is 20.3 Å². The van der Waals surface area contributed by atoms with E-state index in [-0.39, 0.29) is 5.28 Å². The van der Waals surface area contributed by atoms with Crippen molar-refractivity contribution >= 4 is 28.6 Å². The second-order valence-corrected chi connectivity index (χ2v) is 6.86. The molecule has 1 saturated heterocycles. The van der Waals surface area contributed by atoms with Gasteiger partial charge in [0.15, 0.2) is 23.2 Å². The summed E-state index contributed by atoms with van der Waals surface area (Å²) in [6, 6.07) is 0.327. The van der Waals surface area contributed by atoms with E-state index in [0.29, 0.717) is 23.0 Å². The van der Waals surface area contributed by atoms with Gasteiger partial charge in [-0.2, -0.15) is 9.97 Å². The average Bonchev–Trinajstić information content (AvgIpc) is 3.29. The summed E-state index contributed by atoms with van der Waals surface area (Å²) >= 11 is 6.07. The molecule has 1 unspecified atom stereocenters. The fourth-order valence-corrected chi connectivity index (χ4v) is 3.71. The fraction of sp³-hybridized carbons (Fsp3) is 0.667. The molecule has 2 aromatic heterocycles. The standard InChI is InChI=1S/C15H20ClN5O4/c16-15-19-12(18-7-3-1-2-4-7)9-13(20-15)21(6-17-9)14-11(24)10(23)8(5-22)25-14/h6-8,10-11,14,22-24H,1-5H2,(H,18,19,20)/t8-,10?,11+,14-/m1/s1. The summed E-state index contributed by atoms with van der Waals surface area (Å²) < 4.78 is 7.06. The molecule has 0 spiro atoms. The van der Waals surface area contributed by atoms with Gasteiger partial charge in [-0.1, -0.05) is 12.8 Å². The lowest BCUT2D eigenvalue weighted by Gasteiger charge is -2.17. The molecule has 2 fully saturated rings. The van der Waals surface area contributed by atoms with Crippen LogP contribution in [-0.2, 0) is 4.74 Å². The predicted molar refractivity (Wildman–Crippen MR) is 89.2 cm³/mol. The summed E-state index contributed by atoms with van der Waals surface area (Å²) in [6.07, 6.45) is 1.77. The van der Waals surface area contributed by atoms with Crippen LogP contribution < -0.4 is 5.32 Å². The summed E-state index contributed by atoms with van der Waals surface area (Å²) in [6.45, 7) is -0.397. The lowest BCUT2D eigenvalue weighted by Crippen LogP contribution is -2.33. The molecule has 0 aromatic carbocycles. The number of ether oxygens (including phenoxy) is 1. The maximum absolute atomic E-state index is 10.2. The third-order valence-electron chi connectivity index (χ3n) is 4.88. The van der Waals surface area contributed by atoms with E-state index in [9.17, 15) is 15.3 Å². The van der Waals surface area contributed by atoms with Crippen LogP contribution in [-0.4, -0.2) is 65.8 Å². The second-order valence-electron chi connectivity index (χ2n) is 6.52. The van der Waals surface area contributed by atoms with Crippen LogP contribution >= 0.6 is 11.6 Å². The molecule has 4 atom stereocenters. The Hall–Kier alpha value is -1.52.